The lowest BCUT2D eigenvalue weighted by Crippen LogP contribution is -2.23. The van der Waals surface area contributed by atoms with Gasteiger partial charge in [-0.2, -0.15) is 0 Å². The molecule has 0 spiro atoms. The molecule has 2 nitrogen and oxygen atoms in total. The van der Waals surface area contributed by atoms with Gasteiger partial charge in [0.2, 0.25) is 6.41 Å². The first-order valence-electron chi connectivity index (χ1n) is 2.60. The molecule has 0 saturated heterocycles. The molecule has 1 rings (SSSR count). The second kappa shape index (κ2) is 2.73. The van der Waals surface area contributed by atoms with E-state index in [1.807, 2.05) is 12.2 Å². The highest BCUT2D eigenvalue weighted by molar-refractivity contribution is 7.81. The van der Waals surface area contributed by atoms with E-state index in [-0.39, 0.29) is 5.37 Å². The standard InChI is InChI=1S/C6H7NOS/c8-5-7-4-2-1-3-6(7)9/h1-6,9H. The Labute approximate surface area is 59.3 Å². The van der Waals surface area contributed by atoms with E-state index in [4.69, 9.17) is 0 Å². The van der Waals surface area contributed by atoms with E-state index in [1.54, 1.807) is 12.3 Å². The number of thiol groups is 1. The molecule has 1 heterocycles. The Kier molecular flexibility index (Phi) is 1.95. The number of rotatable bonds is 1. The maximum atomic E-state index is 10.2. The molecule has 1 aliphatic rings. The fourth-order valence-corrected chi connectivity index (χ4v) is 0.828. The zero-order valence-corrected chi connectivity index (χ0v) is 5.66. The third kappa shape index (κ3) is 1.36. The second-order valence-corrected chi connectivity index (χ2v) is 2.22. The Bertz CT molecular complexity index is 164. The fraction of sp³-hybridized carbons (Fsp3) is 0.167. The summed E-state index contributed by atoms with van der Waals surface area (Å²) in [6.07, 6.45) is 7.92. The smallest absolute Gasteiger partial charge is 0.214 e. The van der Waals surface area contributed by atoms with Crippen LogP contribution in [-0.4, -0.2) is 16.7 Å². The Morgan fingerprint density at radius 2 is 2.33 bits per heavy atom. The molecular weight excluding hydrogens is 134 g/mol. The molecular formula is C6H7NOS. The molecule has 0 bridgehead atoms. The van der Waals surface area contributed by atoms with Crippen molar-refractivity contribution in [1.29, 1.82) is 0 Å². The summed E-state index contributed by atoms with van der Waals surface area (Å²) in [6, 6.07) is 0. The lowest BCUT2D eigenvalue weighted by molar-refractivity contribution is -0.115. The third-order valence-electron chi connectivity index (χ3n) is 1.08. The van der Waals surface area contributed by atoms with Crippen LogP contribution in [0.2, 0.25) is 0 Å². The normalized spacial score (nSPS) is 24.6. The summed E-state index contributed by atoms with van der Waals surface area (Å²) >= 11 is 4.09. The fourth-order valence-electron chi connectivity index (χ4n) is 0.598. The maximum Gasteiger partial charge on any atom is 0.214 e. The van der Waals surface area contributed by atoms with Gasteiger partial charge in [-0.05, 0) is 6.08 Å². The van der Waals surface area contributed by atoms with Gasteiger partial charge in [0.1, 0.15) is 0 Å². The second-order valence-electron chi connectivity index (χ2n) is 1.69. The van der Waals surface area contributed by atoms with Gasteiger partial charge < -0.3 is 4.90 Å². The molecule has 0 N–H and O–H groups in total. The van der Waals surface area contributed by atoms with Crippen molar-refractivity contribution >= 4 is 19.0 Å². The SMILES string of the molecule is O=CN1C=CC=CC1S. The van der Waals surface area contributed by atoms with E-state index in [1.165, 1.54) is 4.90 Å². The van der Waals surface area contributed by atoms with Crippen molar-refractivity contribution in [1.82, 2.24) is 4.90 Å². The quantitative estimate of drug-likeness (QED) is 0.422. The van der Waals surface area contributed by atoms with Crippen molar-refractivity contribution in [2.75, 3.05) is 0 Å². The molecule has 1 aliphatic heterocycles. The van der Waals surface area contributed by atoms with Gasteiger partial charge in [-0.15, -0.1) is 12.6 Å². The highest BCUT2D eigenvalue weighted by Gasteiger charge is 2.06. The van der Waals surface area contributed by atoms with Crippen molar-refractivity contribution in [2.45, 2.75) is 5.37 Å². The first kappa shape index (κ1) is 6.42. The monoisotopic (exact) mass is 141 g/mol. The topological polar surface area (TPSA) is 20.3 Å². The molecule has 0 aliphatic carbocycles. The zero-order valence-electron chi connectivity index (χ0n) is 4.77. The summed E-state index contributed by atoms with van der Waals surface area (Å²) in [5.41, 5.74) is 0. The van der Waals surface area contributed by atoms with Crippen LogP contribution in [0.4, 0.5) is 0 Å². The molecule has 0 aromatic rings. The van der Waals surface area contributed by atoms with Crippen LogP contribution in [0.1, 0.15) is 0 Å². The van der Waals surface area contributed by atoms with E-state index in [2.05, 4.69) is 12.6 Å². The zero-order chi connectivity index (χ0) is 6.69. The van der Waals surface area contributed by atoms with Crippen molar-refractivity contribution in [3.63, 3.8) is 0 Å². The summed E-state index contributed by atoms with van der Waals surface area (Å²) in [5.74, 6) is 0. The van der Waals surface area contributed by atoms with Crippen LogP contribution < -0.4 is 0 Å². The number of allylic oxidation sites excluding steroid dienone is 2. The molecule has 1 unspecified atom stereocenters. The Morgan fingerprint density at radius 3 is 2.78 bits per heavy atom. The molecule has 0 aromatic heterocycles. The minimum Gasteiger partial charge on any atom is -0.306 e. The largest absolute Gasteiger partial charge is 0.306 e. The predicted octanol–water partition coefficient (Wildman–Crippen LogP) is 0.784. The Hall–Kier alpha value is -0.700. The van der Waals surface area contributed by atoms with E-state index >= 15 is 0 Å². The molecule has 0 fully saturated rings. The molecule has 0 saturated carbocycles. The van der Waals surface area contributed by atoms with Crippen LogP contribution in [0.15, 0.2) is 24.4 Å². The third-order valence-corrected chi connectivity index (χ3v) is 1.52. The summed E-state index contributed by atoms with van der Waals surface area (Å²) in [7, 11) is 0. The van der Waals surface area contributed by atoms with E-state index < -0.39 is 0 Å². The van der Waals surface area contributed by atoms with Crippen LogP contribution in [0, 0.1) is 0 Å². The predicted molar refractivity (Wildman–Crippen MR) is 39.0 cm³/mol. The minimum absolute atomic E-state index is 0.0903. The lowest BCUT2D eigenvalue weighted by Gasteiger charge is -2.18. The van der Waals surface area contributed by atoms with Crippen LogP contribution in [0.5, 0.6) is 0 Å². The van der Waals surface area contributed by atoms with Gasteiger partial charge in [0, 0.05) is 6.20 Å². The first-order valence-corrected chi connectivity index (χ1v) is 3.12. The molecule has 1 amide bonds. The minimum atomic E-state index is -0.0903. The number of hydrogen-bond donors (Lipinski definition) is 1. The highest BCUT2D eigenvalue weighted by atomic mass is 32.1. The molecule has 0 radical (unpaired) electrons. The lowest BCUT2D eigenvalue weighted by atomic mass is 10.4. The van der Waals surface area contributed by atoms with E-state index in [0.717, 1.165) is 6.41 Å². The Morgan fingerprint density at radius 1 is 1.56 bits per heavy atom. The van der Waals surface area contributed by atoms with Crippen molar-refractivity contribution in [3.05, 3.63) is 24.4 Å². The maximum absolute atomic E-state index is 10.2. The average molecular weight is 141 g/mol. The number of amides is 1. The van der Waals surface area contributed by atoms with Crippen molar-refractivity contribution in [3.8, 4) is 0 Å². The number of carbonyl (C=O) groups is 1. The first-order chi connectivity index (χ1) is 4.34. The van der Waals surface area contributed by atoms with E-state index in [0.29, 0.717) is 0 Å². The van der Waals surface area contributed by atoms with Gasteiger partial charge in [0.05, 0.1) is 5.37 Å². The molecule has 48 valence electrons. The van der Waals surface area contributed by atoms with Crippen LogP contribution in [0.25, 0.3) is 0 Å². The number of nitrogens with zero attached hydrogens (tertiary/aromatic N) is 1. The van der Waals surface area contributed by atoms with Gasteiger partial charge in [-0.3, -0.25) is 4.79 Å². The van der Waals surface area contributed by atoms with Gasteiger partial charge in [-0.25, -0.2) is 0 Å². The van der Waals surface area contributed by atoms with E-state index in [9.17, 15) is 4.79 Å². The summed E-state index contributed by atoms with van der Waals surface area (Å²) in [5, 5.41) is -0.0903. The van der Waals surface area contributed by atoms with Crippen LogP contribution in [-0.2, 0) is 4.79 Å². The van der Waals surface area contributed by atoms with Crippen molar-refractivity contribution < 1.29 is 4.79 Å². The summed E-state index contributed by atoms with van der Waals surface area (Å²) in [4.78, 5) is 11.6. The summed E-state index contributed by atoms with van der Waals surface area (Å²) in [6.45, 7) is 0. The average Bonchev–Trinajstić information content (AvgIpc) is 1.89. The van der Waals surface area contributed by atoms with Gasteiger partial charge in [0.15, 0.2) is 0 Å². The van der Waals surface area contributed by atoms with Crippen molar-refractivity contribution in [2.24, 2.45) is 0 Å². The van der Waals surface area contributed by atoms with Crippen LogP contribution >= 0.6 is 12.6 Å². The van der Waals surface area contributed by atoms with Gasteiger partial charge >= 0.3 is 0 Å². The highest BCUT2D eigenvalue weighted by Crippen LogP contribution is 2.07. The molecule has 0 aromatic carbocycles. The number of hydrogen-bond acceptors (Lipinski definition) is 2. The van der Waals surface area contributed by atoms with Gasteiger partial charge in [-0.1, -0.05) is 12.2 Å². The molecule has 1 atom stereocenters. The Balaban J connectivity index is 2.65. The van der Waals surface area contributed by atoms with Gasteiger partial charge in [0.25, 0.3) is 0 Å². The molecule has 3 heteroatoms. The summed E-state index contributed by atoms with van der Waals surface area (Å²) < 4.78 is 0. The number of carbonyl (C=O) groups excluding carboxylic acids is 1. The van der Waals surface area contributed by atoms with Crippen LogP contribution in [0.3, 0.4) is 0 Å². The molecule has 9 heavy (non-hydrogen) atoms.